The van der Waals surface area contributed by atoms with E-state index in [9.17, 15) is 14.9 Å². The second kappa shape index (κ2) is 7.50. The highest BCUT2D eigenvalue weighted by atomic mass is 16.6. The van der Waals surface area contributed by atoms with Gasteiger partial charge in [-0.1, -0.05) is 12.1 Å². The van der Waals surface area contributed by atoms with Crippen molar-refractivity contribution in [3.8, 4) is 5.75 Å². The lowest BCUT2D eigenvalue weighted by Crippen LogP contribution is -2.30. The largest absolute Gasteiger partial charge is 0.497 e. The van der Waals surface area contributed by atoms with E-state index in [0.29, 0.717) is 23.2 Å². The number of nitrogens with one attached hydrogen (secondary N) is 2. The van der Waals surface area contributed by atoms with Crippen molar-refractivity contribution in [2.45, 2.75) is 37.8 Å². The zero-order valence-electron chi connectivity index (χ0n) is 15.7. The first-order chi connectivity index (χ1) is 13.5. The van der Waals surface area contributed by atoms with Gasteiger partial charge in [-0.05, 0) is 61.4 Å². The van der Waals surface area contributed by atoms with Gasteiger partial charge in [0.2, 0.25) is 0 Å². The number of anilines is 1. The van der Waals surface area contributed by atoms with Crippen LogP contribution < -0.4 is 15.4 Å². The van der Waals surface area contributed by atoms with E-state index in [-0.39, 0.29) is 17.6 Å². The number of ether oxygens (including phenoxy) is 1. The van der Waals surface area contributed by atoms with Crippen LogP contribution in [0.4, 0.5) is 11.4 Å². The fourth-order valence-corrected chi connectivity index (χ4v) is 3.33. The standard InChI is InChI=1S/C21H23N3O4/c1-28-17-9-4-14(5-10-17)20(13-2-3-13)23-21(25)15-6-11-18(22-16-7-8-16)19(12-15)24(26)27/h4-6,9-13,16,20,22H,2-3,7-8H2,1H3,(H,23,25). The van der Waals surface area contributed by atoms with Crippen LogP contribution in [0.3, 0.4) is 0 Å². The molecule has 0 radical (unpaired) electrons. The average Bonchev–Trinajstić information content (AvgIpc) is 3.61. The molecule has 0 spiro atoms. The number of carbonyl (C=O) groups is 1. The molecule has 0 aliphatic heterocycles. The first-order valence-corrected chi connectivity index (χ1v) is 9.55. The minimum Gasteiger partial charge on any atom is -0.497 e. The van der Waals surface area contributed by atoms with Crippen LogP contribution in [-0.4, -0.2) is 24.0 Å². The molecule has 7 nitrogen and oxygen atoms in total. The molecule has 2 aliphatic rings. The van der Waals surface area contributed by atoms with Crippen molar-refractivity contribution in [2.24, 2.45) is 5.92 Å². The molecule has 2 aromatic carbocycles. The SMILES string of the molecule is COc1ccc(C(NC(=O)c2ccc(NC3CC3)c([N+](=O)[O-])c2)C2CC2)cc1. The normalized spacial score (nSPS) is 16.9. The molecule has 2 aliphatic carbocycles. The van der Waals surface area contributed by atoms with Crippen LogP contribution in [0.2, 0.25) is 0 Å². The van der Waals surface area contributed by atoms with Crippen LogP contribution in [0.25, 0.3) is 0 Å². The van der Waals surface area contributed by atoms with Crippen LogP contribution in [0.15, 0.2) is 42.5 Å². The third-order valence-electron chi connectivity index (χ3n) is 5.25. The van der Waals surface area contributed by atoms with Gasteiger partial charge in [0.25, 0.3) is 11.6 Å². The number of nitro groups is 1. The molecule has 2 N–H and O–H groups in total. The lowest BCUT2D eigenvalue weighted by atomic mass is 10.0. The number of benzene rings is 2. The Bertz CT molecular complexity index is 889. The van der Waals surface area contributed by atoms with Crippen LogP contribution in [0.1, 0.15) is 47.6 Å². The number of methoxy groups -OCH3 is 1. The van der Waals surface area contributed by atoms with Gasteiger partial charge in [-0.3, -0.25) is 14.9 Å². The molecule has 146 valence electrons. The Morgan fingerprint density at radius 3 is 2.43 bits per heavy atom. The Kier molecular flexibility index (Phi) is 4.90. The summed E-state index contributed by atoms with van der Waals surface area (Å²) in [4.78, 5) is 23.8. The highest BCUT2D eigenvalue weighted by Crippen LogP contribution is 2.41. The summed E-state index contributed by atoms with van der Waals surface area (Å²) in [6.07, 6.45) is 4.15. The fourth-order valence-electron chi connectivity index (χ4n) is 3.33. The molecule has 0 aromatic heterocycles. The van der Waals surface area contributed by atoms with Gasteiger partial charge < -0.3 is 15.4 Å². The molecule has 0 saturated heterocycles. The zero-order valence-corrected chi connectivity index (χ0v) is 15.7. The van der Waals surface area contributed by atoms with Gasteiger partial charge in [0, 0.05) is 17.7 Å². The van der Waals surface area contributed by atoms with Crippen molar-refractivity contribution >= 4 is 17.3 Å². The van der Waals surface area contributed by atoms with E-state index in [1.807, 2.05) is 24.3 Å². The number of hydrogen-bond donors (Lipinski definition) is 2. The Balaban J connectivity index is 1.53. The molecule has 1 unspecified atom stereocenters. The summed E-state index contributed by atoms with van der Waals surface area (Å²) in [6.45, 7) is 0. The van der Waals surface area contributed by atoms with Crippen LogP contribution in [0.5, 0.6) is 5.75 Å². The van der Waals surface area contributed by atoms with Crippen molar-refractivity contribution in [3.05, 3.63) is 63.7 Å². The van der Waals surface area contributed by atoms with E-state index in [0.717, 1.165) is 37.0 Å². The maximum atomic E-state index is 12.8. The first kappa shape index (κ1) is 18.3. The highest BCUT2D eigenvalue weighted by Gasteiger charge is 2.34. The summed E-state index contributed by atoms with van der Waals surface area (Å²) < 4.78 is 5.20. The van der Waals surface area contributed by atoms with Crippen LogP contribution in [0, 0.1) is 16.0 Å². The molecule has 2 saturated carbocycles. The molecule has 7 heteroatoms. The van der Waals surface area contributed by atoms with E-state index in [1.54, 1.807) is 19.2 Å². The number of rotatable bonds is 8. The minimum atomic E-state index is -0.441. The second-order valence-electron chi connectivity index (χ2n) is 7.47. The third-order valence-corrected chi connectivity index (χ3v) is 5.25. The molecular weight excluding hydrogens is 358 g/mol. The Labute approximate surface area is 163 Å². The fraction of sp³-hybridized carbons (Fsp3) is 0.381. The molecular formula is C21H23N3O4. The van der Waals surface area contributed by atoms with Gasteiger partial charge in [-0.15, -0.1) is 0 Å². The summed E-state index contributed by atoms with van der Waals surface area (Å²) in [6, 6.07) is 12.5. The number of hydrogen-bond acceptors (Lipinski definition) is 5. The van der Waals surface area contributed by atoms with E-state index in [4.69, 9.17) is 4.74 Å². The maximum Gasteiger partial charge on any atom is 0.293 e. The Hall–Kier alpha value is -3.09. The van der Waals surface area contributed by atoms with E-state index < -0.39 is 4.92 Å². The number of carbonyl (C=O) groups excluding carboxylic acids is 1. The van der Waals surface area contributed by atoms with Gasteiger partial charge in [0.05, 0.1) is 18.1 Å². The van der Waals surface area contributed by atoms with Gasteiger partial charge in [0.1, 0.15) is 11.4 Å². The number of amides is 1. The molecule has 2 fully saturated rings. The molecule has 0 bridgehead atoms. The minimum absolute atomic E-state index is 0.0630. The molecule has 28 heavy (non-hydrogen) atoms. The van der Waals surface area contributed by atoms with Gasteiger partial charge >= 0.3 is 0 Å². The predicted molar refractivity (Wildman–Crippen MR) is 106 cm³/mol. The molecule has 4 rings (SSSR count). The molecule has 1 amide bonds. The summed E-state index contributed by atoms with van der Waals surface area (Å²) in [5, 5.41) is 17.7. The summed E-state index contributed by atoms with van der Waals surface area (Å²) in [7, 11) is 1.61. The monoisotopic (exact) mass is 381 g/mol. The molecule has 2 aromatic rings. The van der Waals surface area contributed by atoms with Crippen molar-refractivity contribution in [1.82, 2.24) is 5.32 Å². The van der Waals surface area contributed by atoms with E-state index >= 15 is 0 Å². The van der Waals surface area contributed by atoms with Crippen molar-refractivity contribution in [2.75, 3.05) is 12.4 Å². The van der Waals surface area contributed by atoms with Crippen LogP contribution >= 0.6 is 0 Å². The Morgan fingerprint density at radius 2 is 1.86 bits per heavy atom. The van der Waals surface area contributed by atoms with E-state index in [2.05, 4.69) is 10.6 Å². The van der Waals surface area contributed by atoms with E-state index in [1.165, 1.54) is 6.07 Å². The lowest BCUT2D eigenvalue weighted by Gasteiger charge is -2.19. The number of nitrogens with zero attached hydrogens (tertiary/aromatic N) is 1. The quantitative estimate of drug-likeness (QED) is 0.531. The second-order valence-corrected chi connectivity index (χ2v) is 7.47. The van der Waals surface area contributed by atoms with Crippen LogP contribution in [-0.2, 0) is 0 Å². The summed E-state index contributed by atoms with van der Waals surface area (Å²) >= 11 is 0. The van der Waals surface area contributed by atoms with Gasteiger partial charge in [0.15, 0.2) is 0 Å². The zero-order chi connectivity index (χ0) is 19.7. The molecule has 1 atom stereocenters. The van der Waals surface area contributed by atoms with Gasteiger partial charge in [-0.25, -0.2) is 0 Å². The first-order valence-electron chi connectivity index (χ1n) is 9.55. The molecule has 0 heterocycles. The average molecular weight is 381 g/mol. The maximum absolute atomic E-state index is 12.8. The summed E-state index contributed by atoms with van der Waals surface area (Å²) in [5.41, 5.74) is 1.72. The Morgan fingerprint density at radius 1 is 1.14 bits per heavy atom. The predicted octanol–water partition coefficient (Wildman–Crippen LogP) is 4.06. The highest BCUT2D eigenvalue weighted by molar-refractivity contribution is 5.96. The number of nitro benzene ring substituents is 1. The summed E-state index contributed by atoms with van der Waals surface area (Å²) in [5.74, 6) is 0.857. The third kappa shape index (κ3) is 4.08. The van der Waals surface area contributed by atoms with Crippen molar-refractivity contribution in [1.29, 1.82) is 0 Å². The topological polar surface area (TPSA) is 93.5 Å². The smallest absolute Gasteiger partial charge is 0.293 e. The van der Waals surface area contributed by atoms with Crippen molar-refractivity contribution in [3.63, 3.8) is 0 Å². The van der Waals surface area contributed by atoms with Gasteiger partial charge in [-0.2, -0.15) is 0 Å². The van der Waals surface area contributed by atoms with Crippen molar-refractivity contribution < 1.29 is 14.5 Å². The lowest BCUT2D eigenvalue weighted by molar-refractivity contribution is -0.384.